The molecule has 0 aliphatic heterocycles. The van der Waals surface area contributed by atoms with Gasteiger partial charge in [0.05, 0.1) is 0 Å². The summed E-state index contributed by atoms with van der Waals surface area (Å²) in [6.45, 7) is 6.64. The molecule has 6 nitrogen and oxygen atoms in total. The minimum absolute atomic E-state index is 0.0709. The molecule has 0 N–H and O–H groups in total. The standard InChI is InChI=1S/C75H140O6/c1-4-7-10-13-16-19-22-25-27-29-31-32-33-34-35-36-37-38-39-40-41-42-44-45-47-50-53-56-59-62-65-68-74(77)80-71-72(70-79-73(76)67-64-61-58-55-52-49-24-21-18-15-12-9-6-3)81-75(78)69-66-63-60-57-54-51-48-46-43-30-28-26-23-20-17-14-11-8-5-2/h12,15,21,24,29,31,72H,4-11,13-14,16-20,22-23,25-28,30,32-71H2,1-3H3/b15-12-,24-21-,31-29-. The highest BCUT2D eigenvalue weighted by molar-refractivity contribution is 5.71. The van der Waals surface area contributed by atoms with Crippen LogP contribution in [0.2, 0.25) is 0 Å². The topological polar surface area (TPSA) is 78.9 Å². The third-order valence-corrected chi connectivity index (χ3v) is 16.6. The molecule has 1 unspecified atom stereocenters. The van der Waals surface area contributed by atoms with Crippen LogP contribution in [0.5, 0.6) is 0 Å². The Morgan fingerprint density at radius 3 is 0.741 bits per heavy atom. The Kier molecular flexibility index (Phi) is 68.1. The lowest BCUT2D eigenvalue weighted by molar-refractivity contribution is -0.167. The van der Waals surface area contributed by atoms with Crippen molar-refractivity contribution >= 4 is 17.9 Å². The number of allylic oxidation sites excluding steroid dienone is 6. The van der Waals surface area contributed by atoms with Crippen molar-refractivity contribution in [1.29, 1.82) is 0 Å². The van der Waals surface area contributed by atoms with E-state index in [1.807, 2.05) is 0 Å². The van der Waals surface area contributed by atoms with Crippen LogP contribution in [0, 0.1) is 0 Å². The number of hydrogen-bond donors (Lipinski definition) is 0. The van der Waals surface area contributed by atoms with Gasteiger partial charge in [0.2, 0.25) is 0 Å². The Bertz CT molecular complexity index is 1350. The zero-order valence-corrected chi connectivity index (χ0v) is 54.8. The van der Waals surface area contributed by atoms with Crippen molar-refractivity contribution in [1.82, 2.24) is 0 Å². The van der Waals surface area contributed by atoms with E-state index in [2.05, 4.69) is 57.2 Å². The van der Waals surface area contributed by atoms with Gasteiger partial charge in [-0.05, 0) is 70.6 Å². The van der Waals surface area contributed by atoms with E-state index in [1.165, 1.54) is 283 Å². The number of rotatable bonds is 68. The van der Waals surface area contributed by atoms with Crippen molar-refractivity contribution in [3.05, 3.63) is 36.5 Å². The molecule has 0 aliphatic rings. The number of ether oxygens (including phenoxy) is 3. The first kappa shape index (κ1) is 78.6. The van der Waals surface area contributed by atoms with Crippen molar-refractivity contribution in [3.8, 4) is 0 Å². The van der Waals surface area contributed by atoms with Gasteiger partial charge in [-0.2, -0.15) is 0 Å². The van der Waals surface area contributed by atoms with Crippen LogP contribution >= 0.6 is 0 Å². The van der Waals surface area contributed by atoms with Crippen molar-refractivity contribution < 1.29 is 28.6 Å². The second-order valence-corrected chi connectivity index (χ2v) is 24.9. The molecule has 0 radical (unpaired) electrons. The van der Waals surface area contributed by atoms with Crippen LogP contribution in [0.1, 0.15) is 406 Å². The maximum absolute atomic E-state index is 12.9. The Morgan fingerprint density at radius 2 is 0.469 bits per heavy atom. The molecule has 0 rings (SSSR count). The van der Waals surface area contributed by atoms with Gasteiger partial charge in [-0.15, -0.1) is 0 Å². The maximum atomic E-state index is 12.9. The molecule has 0 aromatic rings. The highest BCUT2D eigenvalue weighted by Crippen LogP contribution is 2.19. The number of hydrogen-bond acceptors (Lipinski definition) is 6. The Morgan fingerprint density at radius 1 is 0.247 bits per heavy atom. The van der Waals surface area contributed by atoms with E-state index < -0.39 is 6.10 Å². The first-order chi connectivity index (χ1) is 40.0. The second-order valence-electron chi connectivity index (χ2n) is 24.9. The van der Waals surface area contributed by atoms with Crippen LogP contribution in [0.15, 0.2) is 36.5 Å². The van der Waals surface area contributed by atoms with E-state index in [-0.39, 0.29) is 31.1 Å². The average molecular weight is 1140 g/mol. The predicted molar refractivity (Wildman–Crippen MR) is 353 cm³/mol. The van der Waals surface area contributed by atoms with Crippen LogP contribution < -0.4 is 0 Å². The highest BCUT2D eigenvalue weighted by Gasteiger charge is 2.19. The lowest BCUT2D eigenvalue weighted by Crippen LogP contribution is -2.30. The van der Waals surface area contributed by atoms with Gasteiger partial charge in [-0.1, -0.05) is 353 Å². The summed E-state index contributed by atoms with van der Waals surface area (Å²) in [4.78, 5) is 38.4. The highest BCUT2D eigenvalue weighted by atomic mass is 16.6. The van der Waals surface area contributed by atoms with E-state index in [0.717, 1.165) is 83.5 Å². The summed E-state index contributed by atoms with van der Waals surface area (Å²) < 4.78 is 17.0. The van der Waals surface area contributed by atoms with E-state index in [4.69, 9.17) is 14.2 Å². The molecule has 476 valence electrons. The van der Waals surface area contributed by atoms with Crippen molar-refractivity contribution in [2.24, 2.45) is 0 Å². The second kappa shape index (κ2) is 70.1. The molecule has 0 aromatic heterocycles. The van der Waals surface area contributed by atoms with Gasteiger partial charge in [0.1, 0.15) is 13.2 Å². The molecule has 6 heteroatoms. The Balaban J connectivity index is 4.14. The van der Waals surface area contributed by atoms with Crippen LogP contribution in [-0.4, -0.2) is 37.2 Å². The summed E-state index contributed by atoms with van der Waals surface area (Å²) in [5, 5.41) is 0. The number of carbonyl (C=O) groups excluding carboxylic acids is 3. The lowest BCUT2D eigenvalue weighted by atomic mass is 10.0. The molecular weight excluding hydrogens is 997 g/mol. The first-order valence-corrected chi connectivity index (χ1v) is 36.5. The molecule has 0 saturated carbocycles. The fourth-order valence-corrected chi connectivity index (χ4v) is 11.1. The fraction of sp³-hybridized carbons (Fsp3) is 0.880. The molecule has 0 amide bonds. The van der Waals surface area contributed by atoms with Gasteiger partial charge in [0, 0.05) is 19.3 Å². The van der Waals surface area contributed by atoms with Crippen molar-refractivity contribution in [2.45, 2.75) is 412 Å². The summed E-state index contributed by atoms with van der Waals surface area (Å²) in [6.07, 6.45) is 87.7. The molecular formula is C75H140O6. The largest absolute Gasteiger partial charge is 0.462 e. The number of esters is 3. The van der Waals surface area contributed by atoms with Gasteiger partial charge < -0.3 is 14.2 Å². The normalized spacial score (nSPS) is 12.2. The minimum Gasteiger partial charge on any atom is -0.462 e. The molecule has 0 heterocycles. The van der Waals surface area contributed by atoms with E-state index in [9.17, 15) is 14.4 Å². The number of unbranched alkanes of at least 4 members (excludes halogenated alkanes) is 51. The van der Waals surface area contributed by atoms with Gasteiger partial charge >= 0.3 is 17.9 Å². The van der Waals surface area contributed by atoms with E-state index in [0.29, 0.717) is 19.3 Å². The quantitative estimate of drug-likeness (QED) is 0.0261. The molecule has 0 bridgehead atoms. The summed E-state index contributed by atoms with van der Waals surface area (Å²) in [7, 11) is 0. The van der Waals surface area contributed by atoms with Crippen molar-refractivity contribution in [3.63, 3.8) is 0 Å². The molecule has 81 heavy (non-hydrogen) atoms. The van der Waals surface area contributed by atoms with Gasteiger partial charge in [0.15, 0.2) is 6.10 Å². The smallest absolute Gasteiger partial charge is 0.306 e. The lowest BCUT2D eigenvalue weighted by Gasteiger charge is -2.18. The maximum Gasteiger partial charge on any atom is 0.306 e. The summed E-state index contributed by atoms with van der Waals surface area (Å²) in [6, 6.07) is 0. The molecule has 0 aliphatic carbocycles. The third-order valence-electron chi connectivity index (χ3n) is 16.6. The van der Waals surface area contributed by atoms with Gasteiger partial charge in [0.25, 0.3) is 0 Å². The first-order valence-electron chi connectivity index (χ1n) is 36.5. The van der Waals surface area contributed by atoms with E-state index >= 15 is 0 Å². The zero-order chi connectivity index (χ0) is 58.5. The summed E-state index contributed by atoms with van der Waals surface area (Å²) >= 11 is 0. The Labute approximate surface area is 506 Å². The van der Waals surface area contributed by atoms with Gasteiger partial charge in [-0.25, -0.2) is 0 Å². The summed E-state index contributed by atoms with van der Waals surface area (Å²) in [5.74, 6) is -0.856. The molecule has 1 atom stereocenters. The molecule has 0 saturated heterocycles. The third kappa shape index (κ3) is 68.3. The minimum atomic E-state index is -0.775. The predicted octanol–water partition coefficient (Wildman–Crippen LogP) is 25.1. The average Bonchev–Trinajstić information content (AvgIpc) is 3.46. The number of carbonyl (C=O) groups is 3. The monoisotopic (exact) mass is 1140 g/mol. The van der Waals surface area contributed by atoms with Crippen LogP contribution in [0.4, 0.5) is 0 Å². The fourth-order valence-electron chi connectivity index (χ4n) is 11.1. The van der Waals surface area contributed by atoms with Gasteiger partial charge in [-0.3, -0.25) is 14.4 Å². The molecule has 0 spiro atoms. The molecule has 0 fully saturated rings. The van der Waals surface area contributed by atoms with Crippen LogP contribution in [0.3, 0.4) is 0 Å². The van der Waals surface area contributed by atoms with Crippen molar-refractivity contribution in [2.75, 3.05) is 13.2 Å². The zero-order valence-electron chi connectivity index (χ0n) is 54.8. The summed E-state index contributed by atoms with van der Waals surface area (Å²) in [5.41, 5.74) is 0. The van der Waals surface area contributed by atoms with Crippen LogP contribution in [-0.2, 0) is 28.6 Å². The Hall–Kier alpha value is -2.37. The van der Waals surface area contributed by atoms with E-state index in [1.54, 1.807) is 0 Å². The van der Waals surface area contributed by atoms with Crippen LogP contribution in [0.25, 0.3) is 0 Å². The molecule has 0 aromatic carbocycles. The SMILES string of the molecule is CCC/C=C\C/C=C\CCCCCCCC(=O)OCC(COC(=O)CCCCCCCCCCCCCCCCCCCCC/C=C\CCCCCCCCCC)OC(=O)CCCCCCCCCCCCCCCCCCCCC.